The Kier molecular flexibility index (Phi) is 6.53. The molecule has 4 aromatic carbocycles. The maximum atomic E-state index is 12.5. The summed E-state index contributed by atoms with van der Waals surface area (Å²) >= 11 is 0. The number of hydrogen-bond acceptors (Lipinski definition) is 1. The molecule has 161 valence electrons. The van der Waals surface area contributed by atoms with Crippen molar-refractivity contribution in [3.05, 3.63) is 127 Å². The summed E-state index contributed by atoms with van der Waals surface area (Å²) in [5.74, 6) is 1.98. The summed E-state index contributed by atoms with van der Waals surface area (Å²) in [7, 11) is 0. The Bertz CT molecular complexity index is 1080. The quantitative estimate of drug-likeness (QED) is 0.332. The topological polar surface area (TPSA) is 9.23 Å². The summed E-state index contributed by atoms with van der Waals surface area (Å²) in [6.45, 7) is -2.16. The zero-order valence-electron chi connectivity index (χ0n) is 17.1. The molecule has 0 heterocycles. The molecule has 4 rings (SSSR count). The average Bonchev–Trinajstić information content (AvgIpc) is 2.82. The van der Waals surface area contributed by atoms with Crippen LogP contribution in [0.25, 0.3) is 0 Å². The van der Waals surface area contributed by atoms with E-state index in [2.05, 4.69) is 46.9 Å². The van der Waals surface area contributed by atoms with Crippen LogP contribution in [0.3, 0.4) is 0 Å². The standard InChI is InChI=1S/C27H21F3OP/c28-27(29,30)31-23-18-16-22(17-19-23)20-21-32(24-10-4-1-5-11-24,25-12-6-2-7-13-25)26-14-8-3-9-15-26/h1-21H. The molecule has 0 aliphatic rings. The largest absolute Gasteiger partial charge is 0.573 e. The summed E-state index contributed by atoms with van der Waals surface area (Å²) in [4.78, 5) is 0. The van der Waals surface area contributed by atoms with Gasteiger partial charge in [-0.1, -0.05) is 109 Å². The first kappa shape index (κ1) is 22.0. The summed E-state index contributed by atoms with van der Waals surface area (Å²) in [5, 5.41) is 3.60. The van der Waals surface area contributed by atoms with E-state index in [0.717, 1.165) is 5.56 Å². The second-order valence-electron chi connectivity index (χ2n) is 7.16. The first-order chi connectivity index (χ1) is 15.5. The van der Waals surface area contributed by atoms with Crippen LogP contribution in [0.5, 0.6) is 5.75 Å². The van der Waals surface area contributed by atoms with Crippen LogP contribution < -0.4 is 20.7 Å². The van der Waals surface area contributed by atoms with Crippen molar-refractivity contribution in [1.29, 1.82) is 0 Å². The third kappa shape index (κ3) is 4.98. The van der Waals surface area contributed by atoms with E-state index in [-0.39, 0.29) is 5.75 Å². The molecule has 1 nitrogen and oxygen atoms in total. The van der Waals surface area contributed by atoms with E-state index < -0.39 is 13.2 Å². The first-order valence-corrected chi connectivity index (χ1v) is 11.9. The zero-order chi connectivity index (χ0) is 22.4. The highest BCUT2D eigenvalue weighted by Crippen LogP contribution is 2.44. The molecule has 0 unspecified atom stereocenters. The third-order valence-electron chi connectivity index (χ3n) is 5.09. The van der Waals surface area contributed by atoms with E-state index in [1.807, 2.05) is 61.0 Å². The van der Waals surface area contributed by atoms with Crippen LogP contribution in [0.2, 0.25) is 0 Å². The maximum absolute atomic E-state index is 12.5. The SMILES string of the molecule is FC(F)(F)Oc1ccc([CH]C=P(c2ccccc2)(c2ccccc2)c2ccccc2)cc1. The molecule has 0 bridgehead atoms. The Hall–Kier alpha value is -3.23. The van der Waals surface area contributed by atoms with Crippen LogP contribution in [0.1, 0.15) is 5.56 Å². The Balaban J connectivity index is 1.83. The molecule has 0 atom stereocenters. The van der Waals surface area contributed by atoms with E-state index in [4.69, 9.17) is 0 Å². The number of rotatable bonds is 6. The Morgan fingerprint density at radius 1 is 0.562 bits per heavy atom. The fourth-order valence-corrected chi connectivity index (χ4v) is 7.41. The van der Waals surface area contributed by atoms with E-state index >= 15 is 0 Å². The number of hydrogen-bond donors (Lipinski definition) is 0. The van der Waals surface area contributed by atoms with Gasteiger partial charge in [0.15, 0.2) is 0 Å². The molecule has 0 saturated carbocycles. The van der Waals surface area contributed by atoms with Gasteiger partial charge in [-0.2, -0.15) is 0 Å². The van der Waals surface area contributed by atoms with E-state index in [9.17, 15) is 13.2 Å². The minimum absolute atomic E-state index is 0.232. The number of ether oxygens (including phenoxy) is 1. The van der Waals surface area contributed by atoms with Crippen molar-refractivity contribution in [3.63, 3.8) is 0 Å². The van der Waals surface area contributed by atoms with Gasteiger partial charge >= 0.3 is 6.36 Å². The minimum atomic E-state index is -4.70. The maximum Gasteiger partial charge on any atom is 0.573 e. The minimum Gasteiger partial charge on any atom is -0.406 e. The Morgan fingerprint density at radius 2 is 0.969 bits per heavy atom. The lowest BCUT2D eigenvalue weighted by atomic mass is 10.2. The van der Waals surface area contributed by atoms with Crippen molar-refractivity contribution in [2.75, 3.05) is 0 Å². The second-order valence-corrected chi connectivity index (χ2v) is 10.5. The molecule has 5 heteroatoms. The van der Waals surface area contributed by atoms with Crippen LogP contribution in [0.4, 0.5) is 13.2 Å². The fourth-order valence-electron chi connectivity index (χ4n) is 3.67. The average molecular weight is 449 g/mol. The molecule has 4 aromatic rings. The van der Waals surface area contributed by atoms with Crippen molar-refractivity contribution in [2.45, 2.75) is 6.36 Å². The van der Waals surface area contributed by atoms with Gasteiger partial charge in [-0.05, 0) is 40.5 Å². The second kappa shape index (κ2) is 9.50. The first-order valence-electron chi connectivity index (χ1n) is 10.1. The normalized spacial score (nSPS) is 11.7. The van der Waals surface area contributed by atoms with Gasteiger partial charge in [-0.25, -0.2) is 0 Å². The molecule has 0 amide bonds. The lowest BCUT2D eigenvalue weighted by Gasteiger charge is -2.29. The van der Waals surface area contributed by atoms with Crippen molar-refractivity contribution < 1.29 is 17.9 Å². The molecule has 0 fully saturated rings. The van der Waals surface area contributed by atoms with Crippen molar-refractivity contribution in [1.82, 2.24) is 0 Å². The number of alkyl halides is 3. The summed E-state index contributed by atoms with van der Waals surface area (Å²) in [6, 6.07) is 37.0. The smallest absolute Gasteiger partial charge is 0.406 e. The van der Waals surface area contributed by atoms with Gasteiger partial charge in [0.05, 0.1) is 0 Å². The molecule has 0 aliphatic carbocycles. The van der Waals surface area contributed by atoms with Crippen molar-refractivity contribution >= 4 is 28.6 Å². The molecule has 32 heavy (non-hydrogen) atoms. The molecule has 0 spiro atoms. The van der Waals surface area contributed by atoms with Crippen LogP contribution in [-0.4, -0.2) is 12.2 Å². The summed E-state index contributed by atoms with van der Waals surface area (Å²) < 4.78 is 41.4. The lowest BCUT2D eigenvalue weighted by Crippen LogP contribution is -2.27. The van der Waals surface area contributed by atoms with Crippen LogP contribution >= 0.6 is 6.89 Å². The highest BCUT2D eigenvalue weighted by atomic mass is 31.2. The monoisotopic (exact) mass is 449 g/mol. The number of benzene rings is 4. The predicted octanol–water partition coefficient (Wildman–Crippen LogP) is 5.93. The van der Waals surface area contributed by atoms with E-state index in [0.29, 0.717) is 0 Å². The summed E-state index contributed by atoms with van der Waals surface area (Å²) in [6.07, 6.45) is -2.72. The Morgan fingerprint density at radius 3 is 1.34 bits per heavy atom. The molecule has 0 saturated heterocycles. The van der Waals surface area contributed by atoms with Gasteiger partial charge in [0.25, 0.3) is 0 Å². The molecule has 1 radical (unpaired) electrons. The fraction of sp³-hybridized carbons (Fsp3) is 0.0370. The van der Waals surface area contributed by atoms with Crippen molar-refractivity contribution in [2.24, 2.45) is 0 Å². The molecular formula is C27H21F3OP. The molecule has 0 N–H and O–H groups in total. The molecular weight excluding hydrogens is 428 g/mol. The van der Waals surface area contributed by atoms with Crippen LogP contribution in [0.15, 0.2) is 115 Å². The van der Waals surface area contributed by atoms with Crippen LogP contribution in [-0.2, 0) is 0 Å². The third-order valence-corrected chi connectivity index (χ3v) is 9.03. The van der Waals surface area contributed by atoms with Gasteiger partial charge < -0.3 is 4.74 Å². The van der Waals surface area contributed by atoms with Gasteiger partial charge in [-0.3, -0.25) is 0 Å². The van der Waals surface area contributed by atoms with E-state index in [1.54, 1.807) is 12.1 Å². The Labute approximate surface area is 186 Å². The highest BCUT2D eigenvalue weighted by Gasteiger charge is 2.31. The molecule has 0 aliphatic heterocycles. The van der Waals surface area contributed by atoms with Gasteiger partial charge in [0.1, 0.15) is 5.75 Å². The van der Waals surface area contributed by atoms with Crippen LogP contribution in [0, 0.1) is 6.42 Å². The highest BCUT2D eigenvalue weighted by molar-refractivity contribution is 7.94. The summed E-state index contributed by atoms with van der Waals surface area (Å²) in [5.41, 5.74) is 0.798. The zero-order valence-corrected chi connectivity index (χ0v) is 18.0. The van der Waals surface area contributed by atoms with Gasteiger partial charge in [0.2, 0.25) is 0 Å². The van der Waals surface area contributed by atoms with E-state index in [1.165, 1.54) is 28.0 Å². The molecule has 0 aromatic heterocycles. The lowest BCUT2D eigenvalue weighted by molar-refractivity contribution is -0.274. The predicted molar refractivity (Wildman–Crippen MR) is 128 cm³/mol. The van der Waals surface area contributed by atoms with Crippen molar-refractivity contribution in [3.8, 4) is 5.75 Å². The van der Waals surface area contributed by atoms with Gasteiger partial charge in [-0.15, -0.1) is 13.2 Å². The van der Waals surface area contributed by atoms with Gasteiger partial charge in [0, 0.05) is 6.42 Å². The number of halogens is 3.